The van der Waals surface area contributed by atoms with Crippen LogP contribution in [0.3, 0.4) is 0 Å². The highest BCUT2D eigenvalue weighted by Crippen LogP contribution is 2.35. The average molecular weight is 409 g/mol. The van der Waals surface area contributed by atoms with Gasteiger partial charge in [0.1, 0.15) is 11.3 Å². The Kier molecular flexibility index (Phi) is 5.38. The van der Waals surface area contributed by atoms with Crippen molar-refractivity contribution in [3.8, 4) is 5.75 Å². The number of anilines is 1. The molecule has 0 saturated carbocycles. The quantitative estimate of drug-likeness (QED) is 0.447. The van der Waals surface area contributed by atoms with Crippen molar-refractivity contribution in [2.24, 2.45) is 0 Å². The predicted octanol–water partition coefficient (Wildman–Crippen LogP) is 4.78. The van der Waals surface area contributed by atoms with Crippen LogP contribution in [0.4, 0.5) is 5.69 Å². The molecule has 0 aliphatic carbocycles. The van der Waals surface area contributed by atoms with Crippen LogP contribution in [0.2, 0.25) is 0 Å². The molecule has 7 heteroatoms. The number of rotatable bonds is 6. The van der Waals surface area contributed by atoms with Gasteiger partial charge in [-0.15, -0.1) is 0 Å². The molecule has 0 fully saturated rings. The van der Waals surface area contributed by atoms with Crippen molar-refractivity contribution in [2.45, 2.75) is 5.92 Å². The predicted molar refractivity (Wildman–Crippen MR) is 114 cm³/mol. The average Bonchev–Trinajstić information content (AvgIpc) is 3.14. The molecule has 4 rings (SSSR count). The molecular formula is C22H20NO5P. The topological polar surface area (TPSA) is 88.8 Å². The Morgan fingerprint density at radius 2 is 1.93 bits per heavy atom. The number of benzene rings is 3. The number of hydrogen-bond donors (Lipinski definition) is 2. The Labute approximate surface area is 168 Å². The number of methoxy groups -OCH3 is 1. The maximum absolute atomic E-state index is 13.0. The normalized spacial score (nSPS) is 13.3. The summed E-state index contributed by atoms with van der Waals surface area (Å²) >= 11 is 0. The van der Waals surface area contributed by atoms with Crippen molar-refractivity contribution in [1.82, 2.24) is 0 Å². The number of ether oxygens (including phenoxy) is 1. The van der Waals surface area contributed by atoms with Gasteiger partial charge in [-0.05, 0) is 35.0 Å². The molecule has 0 bridgehead atoms. The third kappa shape index (κ3) is 4.04. The first-order valence-electron chi connectivity index (χ1n) is 9.12. The van der Waals surface area contributed by atoms with E-state index in [4.69, 9.17) is 9.15 Å². The van der Waals surface area contributed by atoms with Crippen LogP contribution >= 0.6 is 8.03 Å². The van der Waals surface area contributed by atoms with Crippen LogP contribution in [-0.2, 0) is 9.36 Å². The number of fused-ring (bicyclic) bond motifs is 2. The van der Waals surface area contributed by atoms with Gasteiger partial charge >= 0.3 is 0 Å². The summed E-state index contributed by atoms with van der Waals surface area (Å²) in [6.45, 7) is 0. The van der Waals surface area contributed by atoms with Gasteiger partial charge in [0.05, 0.1) is 19.3 Å². The molecule has 3 aromatic carbocycles. The van der Waals surface area contributed by atoms with Crippen molar-refractivity contribution in [3.05, 3.63) is 72.5 Å². The van der Waals surface area contributed by atoms with E-state index in [9.17, 15) is 14.3 Å². The van der Waals surface area contributed by atoms with Crippen LogP contribution in [0.15, 0.2) is 71.3 Å². The van der Waals surface area contributed by atoms with E-state index < -0.39 is 13.9 Å². The highest BCUT2D eigenvalue weighted by atomic mass is 31.1. The van der Waals surface area contributed by atoms with Crippen LogP contribution in [-0.4, -0.2) is 24.1 Å². The number of furan rings is 1. The molecule has 2 atom stereocenters. The molecule has 0 saturated heterocycles. The third-order valence-corrected chi connectivity index (χ3v) is 5.66. The summed E-state index contributed by atoms with van der Waals surface area (Å²) < 4.78 is 22.4. The Morgan fingerprint density at radius 3 is 2.69 bits per heavy atom. The molecule has 2 unspecified atom stereocenters. The van der Waals surface area contributed by atoms with E-state index in [1.165, 1.54) is 6.26 Å². The van der Waals surface area contributed by atoms with Crippen molar-refractivity contribution < 1.29 is 23.4 Å². The lowest BCUT2D eigenvalue weighted by Gasteiger charge is -2.15. The minimum absolute atomic E-state index is 0.162. The van der Waals surface area contributed by atoms with Crippen molar-refractivity contribution in [1.29, 1.82) is 0 Å². The first-order valence-corrected chi connectivity index (χ1v) is 10.7. The molecule has 148 valence electrons. The van der Waals surface area contributed by atoms with Gasteiger partial charge in [-0.1, -0.05) is 30.3 Å². The SMILES string of the molecule is COc1ccc2c(C(C[PH](=O)O)C(=O)Nc3ccc4ccccc4c3)coc2c1. The fraction of sp³-hybridized carbons (Fsp3) is 0.136. The molecule has 2 N–H and O–H groups in total. The zero-order chi connectivity index (χ0) is 20.4. The van der Waals surface area contributed by atoms with E-state index in [0.29, 0.717) is 28.0 Å². The summed E-state index contributed by atoms with van der Waals surface area (Å²) in [6.07, 6.45) is 1.31. The molecule has 0 radical (unpaired) electrons. The van der Waals surface area contributed by atoms with E-state index in [2.05, 4.69) is 5.32 Å². The van der Waals surface area contributed by atoms with Gasteiger partial charge in [-0.2, -0.15) is 0 Å². The summed E-state index contributed by atoms with van der Waals surface area (Å²) in [6, 6.07) is 18.7. The molecule has 6 nitrogen and oxygen atoms in total. The van der Waals surface area contributed by atoms with Crippen LogP contribution in [0, 0.1) is 0 Å². The van der Waals surface area contributed by atoms with Crippen molar-refractivity contribution in [2.75, 3.05) is 18.6 Å². The number of carbonyl (C=O) groups excluding carboxylic acids is 1. The standard InChI is InChI=1S/C22H20NO5P/c1-27-17-8-9-18-19(12-28-21(18)11-17)20(13-29(25)26)22(24)23-16-7-6-14-4-2-3-5-15(14)10-16/h2-12,20,29H,13H2,1H3,(H,23,24)(H,25,26). The second-order valence-corrected chi connectivity index (χ2v) is 7.95. The van der Waals surface area contributed by atoms with Gasteiger partial charge in [0, 0.05) is 28.9 Å². The molecule has 1 amide bonds. The lowest BCUT2D eigenvalue weighted by Crippen LogP contribution is -2.22. The summed E-state index contributed by atoms with van der Waals surface area (Å²) in [7, 11) is -1.33. The number of hydrogen-bond acceptors (Lipinski definition) is 4. The fourth-order valence-electron chi connectivity index (χ4n) is 3.44. The second kappa shape index (κ2) is 8.11. The Hall–Kier alpha value is -3.08. The zero-order valence-electron chi connectivity index (χ0n) is 15.7. The third-order valence-electron chi connectivity index (χ3n) is 4.90. The zero-order valence-corrected chi connectivity index (χ0v) is 16.7. The Balaban J connectivity index is 1.67. The molecule has 4 aromatic rings. The Bertz CT molecular complexity index is 1220. The van der Waals surface area contributed by atoms with Gasteiger partial charge in [0.25, 0.3) is 0 Å². The first-order chi connectivity index (χ1) is 14.0. The number of carbonyl (C=O) groups is 1. The number of amides is 1. The molecule has 1 heterocycles. The smallest absolute Gasteiger partial charge is 0.232 e. The molecule has 1 aromatic heterocycles. The van der Waals surface area contributed by atoms with E-state index >= 15 is 0 Å². The maximum atomic E-state index is 13.0. The fourth-order valence-corrected chi connectivity index (χ4v) is 4.20. The molecule has 29 heavy (non-hydrogen) atoms. The van der Waals surface area contributed by atoms with E-state index in [0.717, 1.165) is 10.8 Å². The van der Waals surface area contributed by atoms with Crippen LogP contribution in [0.25, 0.3) is 21.7 Å². The molecular weight excluding hydrogens is 389 g/mol. The largest absolute Gasteiger partial charge is 0.497 e. The van der Waals surface area contributed by atoms with Crippen LogP contribution in [0.1, 0.15) is 11.5 Å². The maximum Gasteiger partial charge on any atom is 0.232 e. The molecule has 0 aliphatic heterocycles. The minimum atomic E-state index is -2.89. The van der Waals surface area contributed by atoms with Crippen LogP contribution < -0.4 is 10.1 Å². The highest BCUT2D eigenvalue weighted by molar-refractivity contribution is 7.38. The van der Waals surface area contributed by atoms with Gasteiger partial charge in [-0.3, -0.25) is 9.36 Å². The summed E-state index contributed by atoms with van der Waals surface area (Å²) in [5.41, 5.74) is 1.76. The number of nitrogens with one attached hydrogen (secondary N) is 1. The van der Waals surface area contributed by atoms with Gasteiger partial charge in [0.15, 0.2) is 8.03 Å². The van der Waals surface area contributed by atoms with Crippen molar-refractivity contribution in [3.63, 3.8) is 0 Å². The van der Waals surface area contributed by atoms with Gasteiger partial charge in [0.2, 0.25) is 5.91 Å². The first kappa shape index (κ1) is 19.2. The van der Waals surface area contributed by atoms with Crippen LogP contribution in [0.5, 0.6) is 5.75 Å². The Morgan fingerprint density at radius 1 is 1.14 bits per heavy atom. The second-order valence-electron chi connectivity index (χ2n) is 6.75. The lowest BCUT2D eigenvalue weighted by molar-refractivity contribution is -0.117. The van der Waals surface area contributed by atoms with E-state index in [1.54, 1.807) is 25.3 Å². The van der Waals surface area contributed by atoms with Gasteiger partial charge in [-0.25, -0.2) is 0 Å². The summed E-state index contributed by atoms with van der Waals surface area (Å²) in [5.74, 6) is -0.537. The summed E-state index contributed by atoms with van der Waals surface area (Å²) in [4.78, 5) is 22.6. The lowest BCUT2D eigenvalue weighted by atomic mass is 9.99. The molecule has 0 spiro atoms. The van der Waals surface area contributed by atoms with E-state index in [1.807, 2.05) is 42.5 Å². The van der Waals surface area contributed by atoms with E-state index in [-0.39, 0.29) is 12.1 Å². The molecule has 0 aliphatic rings. The highest BCUT2D eigenvalue weighted by Gasteiger charge is 2.26. The summed E-state index contributed by atoms with van der Waals surface area (Å²) in [5, 5.41) is 5.66. The minimum Gasteiger partial charge on any atom is -0.497 e. The monoisotopic (exact) mass is 409 g/mol. The van der Waals surface area contributed by atoms with Gasteiger partial charge < -0.3 is 19.4 Å². The van der Waals surface area contributed by atoms with Crippen molar-refractivity contribution >= 4 is 41.4 Å².